The lowest BCUT2D eigenvalue weighted by Crippen LogP contribution is -2.54. The summed E-state index contributed by atoms with van der Waals surface area (Å²) in [5, 5.41) is 11.4. The van der Waals surface area contributed by atoms with Crippen LogP contribution in [0.15, 0.2) is 79.1 Å². The summed E-state index contributed by atoms with van der Waals surface area (Å²) in [5.41, 5.74) is 2.62. The van der Waals surface area contributed by atoms with Gasteiger partial charge in [0.25, 0.3) is 5.91 Å². The minimum atomic E-state index is 0.0462. The molecule has 0 spiro atoms. The van der Waals surface area contributed by atoms with Gasteiger partial charge in [-0.1, -0.05) is 54.6 Å². The summed E-state index contributed by atoms with van der Waals surface area (Å²) in [6.45, 7) is 4.14. The highest BCUT2D eigenvalue weighted by molar-refractivity contribution is 6.00. The molecule has 1 fully saturated rings. The molecule has 2 aromatic carbocycles. The molecule has 0 bridgehead atoms. The van der Waals surface area contributed by atoms with E-state index in [0.717, 1.165) is 27.8 Å². The molecule has 0 aliphatic carbocycles. The van der Waals surface area contributed by atoms with Crippen LogP contribution in [-0.4, -0.2) is 51.7 Å². The molecule has 31 heavy (non-hydrogen) atoms. The highest BCUT2D eigenvalue weighted by Gasteiger charge is 2.29. The van der Waals surface area contributed by atoms with Crippen molar-refractivity contribution in [1.29, 1.82) is 0 Å². The van der Waals surface area contributed by atoms with Gasteiger partial charge in [-0.15, -0.1) is 10.2 Å². The third-order valence-electron chi connectivity index (χ3n) is 5.83. The van der Waals surface area contributed by atoms with E-state index in [0.29, 0.717) is 25.2 Å². The van der Waals surface area contributed by atoms with Crippen molar-refractivity contribution in [3.63, 3.8) is 0 Å². The van der Waals surface area contributed by atoms with Gasteiger partial charge in [-0.2, -0.15) is 0 Å². The molecule has 1 amide bonds. The van der Waals surface area contributed by atoms with Crippen molar-refractivity contribution >= 4 is 22.5 Å². The fourth-order valence-corrected chi connectivity index (χ4v) is 4.24. The molecule has 1 saturated heterocycles. The Balaban J connectivity index is 1.44. The van der Waals surface area contributed by atoms with Gasteiger partial charge < -0.3 is 9.80 Å². The number of hydrogen-bond acceptors (Lipinski definition) is 5. The quantitative estimate of drug-likeness (QED) is 0.511. The van der Waals surface area contributed by atoms with Crippen molar-refractivity contribution in [2.24, 2.45) is 0 Å². The highest BCUT2D eigenvalue weighted by Crippen LogP contribution is 2.32. The van der Waals surface area contributed by atoms with Crippen LogP contribution in [-0.2, 0) is 0 Å². The van der Waals surface area contributed by atoms with Crippen LogP contribution in [0.1, 0.15) is 17.3 Å². The van der Waals surface area contributed by atoms with Crippen LogP contribution in [0.5, 0.6) is 0 Å². The van der Waals surface area contributed by atoms with Gasteiger partial charge >= 0.3 is 0 Å². The van der Waals surface area contributed by atoms with Crippen molar-refractivity contribution in [2.75, 3.05) is 24.5 Å². The summed E-state index contributed by atoms with van der Waals surface area (Å²) in [5.74, 6) is 0.919. The molecule has 1 aliphatic heterocycles. The number of carbonyl (C=O) groups is 1. The average Bonchev–Trinajstić information content (AvgIpc) is 2.84. The number of pyridine rings is 1. The van der Waals surface area contributed by atoms with Crippen molar-refractivity contribution in [2.45, 2.75) is 13.0 Å². The van der Waals surface area contributed by atoms with Crippen molar-refractivity contribution < 1.29 is 4.79 Å². The first-order chi connectivity index (χ1) is 15.2. The Kier molecular flexibility index (Phi) is 5.04. The number of piperazine rings is 1. The summed E-state index contributed by atoms with van der Waals surface area (Å²) < 4.78 is 0. The molecule has 5 rings (SSSR count). The first-order valence-electron chi connectivity index (χ1n) is 10.5. The molecule has 4 aromatic rings. The van der Waals surface area contributed by atoms with E-state index in [-0.39, 0.29) is 11.9 Å². The normalized spacial score (nSPS) is 16.5. The molecule has 0 saturated carbocycles. The van der Waals surface area contributed by atoms with Gasteiger partial charge in [-0.3, -0.25) is 9.78 Å². The molecule has 2 aromatic heterocycles. The van der Waals surface area contributed by atoms with Gasteiger partial charge in [-0.25, -0.2) is 0 Å². The predicted molar refractivity (Wildman–Crippen MR) is 122 cm³/mol. The smallest absolute Gasteiger partial charge is 0.254 e. The van der Waals surface area contributed by atoms with Crippen LogP contribution in [0.3, 0.4) is 0 Å². The lowest BCUT2D eigenvalue weighted by atomic mass is 10.0. The number of fused-ring (bicyclic) bond motifs is 1. The molecule has 0 N–H and O–H groups in total. The Morgan fingerprint density at radius 2 is 1.58 bits per heavy atom. The molecule has 1 aliphatic rings. The molecule has 1 atom stereocenters. The van der Waals surface area contributed by atoms with Gasteiger partial charge in [0, 0.05) is 60.0 Å². The lowest BCUT2D eigenvalue weighted by molar-refractivity contribution is 0.0673. The van der Waals surface area contributed by atoms with Crippen LogP contribution in [0.4, 0.5) is 5.82 Å². The largest absolute Gasteiger partial charge is 0.351 e. The second kappa shape index (κ2) is 8.14. The second-order valence-corrected chi connectivity index (χ2v) is 7.81. The zero-order chi connectivity index (χ0) is 21.2. The van der Waals surface area contributed by atoms with E-state index in [1.807, 2.05) is 35.2 Å². The minimum Gasteiger partial charge on any atom is -0.351 e. The van der Waals surface area contributed by atoms with E-state index in [2.05, 4.69) is 51.3 Å². The van der Waals surface area contributed by atoms with Crippen molar-refractivity contribution in [1.82, 2.24) is 20.1 Å². The standard InChI is InChI=1S/C25H23N5O/c1-18-17-29(15-16-30(18)25(31)20-11-13-26-14-12-20)24-22-10-6-5-9-21(22)23(27-28-24)19-7-3-2-4-8-19/h2-14,18H,15-17H2,1H3/t18-/m0/s1. The summed E-state index contributed by atoms with van der Waals surface area (Å²) in [7, 11) is 0. The number of rotatable bonds is 3. The molecular formula is C25H23N5O. The van der Waals surface area contributed by atoms with E-state index in [9.17, 15) is 4.79 Å². The number of nitrogens with zero attached hydrogens (tertiary/aromatic N) is 5. The number of carbonyl (C=O) groups excluding carboxylic acids is 1. The maximum atomic E-state index is 12.9. The summed E-state index contributed by atoms with van der Waals surface area (Å²) >= 11 is 0. The fraction of sp³-hybridized carbons (Fsp3) is 0.200. The molecule has 6 heteroatoms. The number of amides is 1. The number of anilines is 1. The van der Waals surface area contributed by atoms with Gasteiger partial charge in [0.05, 0.1) is 0 Å². The predicted octanol–water partition coefficient (Wildman–Crippen LogP) is 4.04. The highest BCUT2D eigenvalue weighted by atomic mass is 16.2. The van der Waals surface area contributed by atoms with Crippen molar-refractivity contribution in [3.05, 3.63) is 84.7 Å². The van der Waals surface area contributed by atoms with Crippen LogP contribution in [0, 0.1) is 0 Å². The Labute approximate surface area is 181 Å². The minimum absolute atomic E-state index is 0.0462. The lowest BCUT2D eigenvalue weighted by Gasteiger charge is -2.40. The van der Waals surface area contributed by atoms with Crippen LogP contribution < -0.4 is 4.90 Å². The molecule has 0 unspecified atom stereocenters. The second-order valence-electron chi connectivity index (χ2n) is 7.81. The summed E-state index contributed by atoms with van der Waals surface area (Å²) in [6, 6.07) is 22.0. The Morgan fingerprint density at radius 1 is 0.871 bits per heavy atom. The van der Waals surface area contributed by atoms with E-state index in [1.165, 1.54) is 0 Å². The van der Waals surface area contributed by atoms with Crippen molar-refractivity contribution in [3.8, 4) is 11.3 Å². The molecule has 0 radical (unpaired) electrons. The number of benzene rings is 2. The van der Waals surface area contributed by atoms with Crippen LogP contribution in [0.2, 0.25) is 0 Å². The van der Waals surface area contributed by atoms with Crippen LogP contribution >= 0.6 is 0 Å². The third-order valence-corrected chi connectivity index (χ3v) is 5.83. The number of hydrogen-bond donors (Lipinski definition) is 0. The summed E-state index contributed by atoms with van der Waals surface area (Å²) in [6.07, 6.45) is 3.31. The van der Waals surface area contributed by atoms with Gasteiger partial charge in [0.2, 0.25) is 0 Å². The maximum Gasteiger partial charge on any atom is 0.254 e. The van der Waals surface area contributed by atoms with Gasteiger partial charge in [0.15, 0.2) is 5.82 Å². The molecule has 3 heterocycles. The monoisotopic (exact) mass is 409 g/mol. The van der Waals surface area contributed by atoms with E-state index in [1.54, 1.807) is 24.5 Å². The van der Waals surface area contributed by atoms with Gasteiger partial charge in [-0.05, 0) is 19.1 Å². The molecule has 6 nitrogen and oxygen atoms in total. The molecular weight excluding hydrogens is 386 g/mol. The first-order valence-corrected chi connectivity index (χ1v) is 10.5. The maximum absolute atomic E-state index is 12.9. The number of aromatic nitrogens is 3. The zero-order valence-corrected chi connectivity index (χ0v) is 17.3. The average molecular weight is 409 g/mol. The fourth-order valence-electron chi connectivity index (χ4n) is 4.24. The third kappa shape index (κ3) is 3.61. The van der Waals surface area contributed by atoms with Gasteiger partial charge in [0.1, 0.15) is 5.69 Å². The Bertz CT molecular complexity index is 1210. The van der Waals surface area contributed by atoms with E-state index < -0.39 is 0 Å². The first kappa shape index (κ1) is 19.2. The SMILES string of the molecule is C[C@H]1CN(c2nnc(-c3ccccc3)c3ccccc23)CCN1C(=O)c1ccncc1. The van der Waals surface area contributed by atoms with Crippen LogP contribution in [0.25, 0.3) is 22.0 Å². The van der Waals surface area contributed by atoms with E-state index in [4.69, 9.17) is 0 Å². The Hall–Kier alpha value is -3.80. The van der Waals surface area contributed by atoms with E-state index >= 15 is 0 Å². The topological polar surface area (TPSA) is 62.2 Å². The zero-order valence-electron chi connectivity index (χ0n) is 17.3. The summed E-state index contributed by atoms with van der Waals surface area (Å²) in [4.78, 5) is 21.1. The Morgan fingerprint density at radius 3 is 2.32 bits per heavy atom. The molecule has 154 valence electrons.